The van der Waals surface area contributed by atoms with E-state index in [0.29, 0.717) is 12.0 Å². The normalized spacial score (nSPS) is 14.6. The highest BCUT2D eigenvalue weighted by Crippen LogP contribution is 2.22. The molecule has 2 amide bonds. The number of amides is 2. The fourth-order valence-electron chi connectivity index (χ4n) is 2.17. The van der Waals surface area contributed by atoms with Crippen molar-refractivity contribution < 1.29 is 14.4 Å². The van der Waals surface area contributed by atoms with Crippen LogP contribution in [0.2, 0.25) is 0 Å². The second-order valence-corrected chi connectivity index (χ2v) is 6.97. The third-order valence-electron chi connectivity index (χ3n) is 3.18. The van der Waals surface area contributed by atoms with Crippen LogP contribution in [0.15, 0.2) is 12.2 Å². The Balaban J connectivity index is 4.92. The zero-order valence-corrected chi connectivity index (χ0v) is 15.0. The van der Waals surface area contributed by atoms with Gasteiger partial charge < -0.3 is 10.6 Å². The van der Waals surface area contributed by atoms with Crippen LogP contribution in [0.3, 0.4) is 0 Å². The van der Waals surface area contributed by atoms with Gasteiger partial charge in [-0.15, -0.1) is 0 Å². The Morgan fingerprint density at radius 3 is 2.05 bits per heavy atom. The molecule has 0 aliphatic heterocycles. The van der Waals surface area contributed by atoms with Crippen LogP contribution in [0, 0.1) is 0 Å². The summed E-state index contributed by atoms with van der Waals surface area (Å²) in [5.41, 5.74) is 0.491. The lowest BCUT2D eigenvalue weighted by molar-refractivity contribution is -0.119. The highest BCUT2D eigenvalue weighted by atomic mass is 32.2. The van der Waals surface area contributed by atoms with Crippen molar-refractivity contribution in [3.8, 4) is 0 Å². The summed E-state index contributed by atoms with van der Waals surface area (Å²) in [4.78, 5) is 34.5. The summed E-state index contributed by atoms with van der Waals surface area (Å²) in [5.74, 6) is -0.225. The quantitative estimate of drug-likeness (QED) is 0.637. The molecule has 126 valence electrons. The van der Waals surface area contributed by atoms with Gasteiger partial charge >= 0.3 is 0 Å². The average Bonchev–Trinajstić information content (AvgIpc) is 2.36. The minimum absolute atomic E-state index is 0.0117. The molecular formula is C16H28N2O3S. The summed E-state index contributed by atoms with van der Waals surface area (Å²) < 4.78 is 0. The Kier molecular flexibility index (Phi) is 9.81. The second kappa shape index (κ2) is 10.4. The number of hydrogen-bond acceptors (Lipinski definition) is 4. The van der Waals surface area contributed by atoms with Gasteiger partial charge in [0.1, 0.15) is 0 Å². The molecular weight excluding hydrogens is 300 g/mol. The minimum atomic E-state index is -0.186. The lowest BCUT2D eigenvalue weighted by atomic mass is 10.0. The van der Waals surface area contributed by atoms with E-state index in [2.05, 4.69) is 17.2 Å². The maximum absolute atomic E-state index is 11.8. The molecule has 0 spiro atoms. The van der Waals surface area contributed by atoms with E-state index in [1.54, 1.807) is 6.92 Å². The summed E-state index contributed by atoms with van der Waals surface area (Å²) in [7, 11) is 0. The molecule has 0 aliphatic carbocycles. The highest BCUT2D eigenvalue weighted by Gasteiger charge is 2.25. The van der Waals surface area contributed by atoms with E-state index in [-0.39, 0.29) is 34.3 Å². The average molecular weight is 328 g/mol. The first kappa shape index (κ1) is 20.7. The maximum atomic E-state index is 11.8. The molecule has 2 N–H and O–H groups in total. The van der Waals surface area contributed by atoms with Gasteiger partial charge in [-0.1, -0.05) is 38.6 Å². The monoisotopic (exact) mass is 328 g/mol. The van der Waals surface area contributed by atoms with Gasteiger partial charge in [-0.2, -0.15) is 0 Å². The zero-order chi connectivity index (χ0) is 17.3. The molecule has 5 nitrogen and oxygen atoms in total. The van der Waals surface area contributed by atoms with Crippen molar-refractivity contribution in [1.29, 1.82) is 0 Å². The van der Waals surface area contributed by atoms with Gasteiger partial charge in [-0.3, -0.25) is 14.4 Å². The predicted molar refractivity (Wildman–Crippen MR) is 91.6 cm³/mol. The summed E-state index contributed by atoms with van der Waals surface area (Å²) in [6.45, 7) is 12.2. The van der Waals surface area contributed by atoms with E-state index >= 15 is 0 Å². The third-order valence-corrected chi connectivity index (χ3v) is 4.44. The van der Waals surface area contributed by atoms with Crippen LogP contribution < -0.4 is 10.6 Å². The lowest BCUT2D eigenvalue weighted by Gasteiger charge is -2.28. The number of carbonyl (C=O) groups is 3. The molecule has 0 rings (SSSR count). The van der Waals surface area contributed by atoms with E-state index in [1.807, 2.05) is 13.8 Å². The number of hydrogen-bond donors (Lipinski definition) is 2. The zero-order valence-electron chi connectivity index (χ0n) is 14.2. The van der Waals surface area contributed by atoms with Gasteiger partial charge in [0.25, 0.3) is 0 Å². The molecule has 0 saturated heterocycles. The third kappa shape index (κ3) is 8.87. The molecule has 0 aliphatic rings. The van der Waals surface area contributed by atoms with Crippen LogP contribution >= 0.6 is 11.8 Å². The van der Waals surface area contributed by atoms with Gasteiger partial charge in [0.15, 0.2) is 0 Å². The van der Waals surface area contributed by atoms with Gasteiger partial charge in [0.05, 0.1) is 0 Å². The van der Waals surface area contributed by atoms with Crippen molar-refractivity contribution in [3.05, 3.63) is 12.2 Å². The fraction of sp³-hybridized carbons (Fsp3) is 0.688. The lowest BCUT2D eigenvalue weighted by Crippen LogP contribution is -2.46. The smallest absolute Gasteiger partial charge is 0.217 e. The molecule has 0 heterocycles. The second-order valence-electron chi connectivity index (χ2n) is 5.62. The van der Waals surface area contributed by atoms with E-state index < -0.39 is 0 Å². The SMILES string of the molecule is C=C(C)C(=O)SC(C)C(CC(CCC)NC(C)=O)NC(C)=O. The first-order valence-electron chi connectivity index (χ1n) is 7.58. The molecule has 0 radical (unpaired) electrons. The molecule has 0 bridgehead atoms. The van der Waals surface area contributed by atoms with E-state index in [9.17, 15) is 14.4 Å². The molecule has 0 aromatic carbocycles. The van der Waals surface area contributed by atoms with Gasteiger partial charge in [0.2, 0.25) is 16.9 Å². The molecule has 6 heteroatoms. The van der Waals surface area contributed by atoms with Gasteiger partial charge in [0, 0.05) is 31.2 Å². The van der Waals surface area contributed by atoms with Crippen molar-refractivity contribution in [1.82, 2.24) is 10.6 Å². The van der Waals surface area contributed by atoms with Crippen molar-refractivity contribution in [3.63, 3.8) is 0 Å². The molecule has 3 atom stereocenters. The van der Waals surface area contributed by atoms with Gasteiger partial charge in [-0.25, -0.2) is 0 Å². The summed E-state index contributed by atoms with van der Waals surface area (Å²) in [6.07, 6.45) is 2.37. The first-order chi connectivity index (χ1) is 10.2. The van der Waals surface area contributed by atoms with Crippen LogP contribution in [-0.4, -0.2) is 34.3 Å². The molecule has 0 aromatic heterocycles. The van der Waals surface area contributed by atoms with E-state index in [0.717, 1.165) is 12.8 Å². The maximum Gasteiger partial charge on any atom is 0.217 e. The Morgan fingerprint density at radius 2 is 1.64 bits per heavy atom. The first-order valence-corrected chi connectivity index (χ1v) is 8.46. The topological polar surface area (TPSA) is 75.3 Å². The van der Waals surface area contributed by atoms with Crippen LogP contribution in [0.1, 0.15) is 53.9 Å². The standard InChI is InChI=1S/C16H28N2O3S/c1-7-8-14(17-12(5)19)9-15(18-13(6)20)11(4)22-16(21)10(2)3/h11,14-15H,2,7-9H2,1,3-6H3,(H,17,19)(H,18,20). The predicted octanol–water partition coefficient (Wildman–Crippen LogP) is 2.41. The van der Waals surface area contributed by atoms with Crippen LogP contribution in [-0.2, 0) is 14.4 Å². The Bertz CT molecular complexity index is 424. The number of thioether (sulfide) groups is 1. The Morgan fingerprint density at radius 1 is 1.09 bits per heavy atom. The Hall–Kier alpha value is -1.30. The van der Waals surface area contributed by atoms with Crippen molar-refractivity contribution in [2.45, 2.75) is 71.2 Å². The molecule has 22 heavy (non-hydrogen) atoms. The molecule has 0 aromatic rings. The van der Waals surface area contributed by atoms with Crippen molar-refractivity contribution in [2.75, 3.05) is 0 Å². The van der Waals surface area contributed by atoms with Gasteiger partial charge in [-0.05, 0) is 25.3 Å². The van der Waals surface area contributed by atoms with Crippen LogP contribution in [0.25, 0.3) is 0 Å². The van der Waals surface area contributed by atoms with Crippen molar-refractivity contribution in [2.24, 2.45) is 0 Å². The summed E-state index contributed by atoms with van der Waals surface area (Å²) >= 11 is 1.17. The minimum Gasteiger partial charge on any atom is -0.354 e. The van der Waals surface area contributed by atoms with E-state index in [1.165, 1.54) is 25.6 Å². The molecule has 0 fully saturated rings. The van der Waals surface area contributed by atoms with Crippen LogP contribution in [0.5, 0.6) is 0 Å². The highest BCUT2D eigenvalue weighted by molar-refractivity contribution is 8.14. The van der Waals surface area contributed by atoms with Crippen LogP contribution in [0.4, 0.5) is 0 Å². The summed E-state index contributed by atoms with van der Waals surface area (Å²) in [5, 5.41) is 5.64. The Labute approximate surface area is 137 Å². The summed E-state index contributed by atoms with van der Waals surface area (Å²) in [6, 6.07) is -0.198. The van der Waals surface area contributed by atoms with Crippen molar-refractivity contribution >= 4 is 28.7 Å². The number of rotatable bonds is 9. The molecule has 3 unspecified atom stereocenters. The fourth-order valence-corrected chi connectivity index (χ4v) is 3.05. The number of nitrogens with one attached hydrogen (secondary N) is 2. The molecule has 0 saturated carbocycles. The largest absolute Gasteiger partial charge is 0.354 e. The number of carbonyl (C=O) groups excluding carboxylic acids is 3. The van der Waals surface area contributed by atoms with E-state index in [4.69, 9.17) is 0 Å².